The summed E-state index contributed by atoms with van der Waals surface area (Å²) < 4.78 is 27.0. The molecule has 0 unspecified atom stereocenters. The normalized spacial score (nSPS) is 16.5. The molecule has 2 aromatic rings. The summed E-state index contributed by atoms with van der Waals surface area (Å²) >= 11 is 0. The maximum absolute atomic E-state index is 12.4. The zero-order valence-electron chi connectivity index (χ0n) is 17.9. The molecule has 0 bridgehead atoms. The summed E-state index contributed by atoms with van der Waals surface area (Å²) in [6, 6.07) is 9.08. The van der Waals surface area contributed by atoms with Gasteiger partial charge in [0.05, 0.1) is 27.5 Å². The summed E-state index contributed by atoms with van der Waals surface area (Å²) in [5, 5.41) is 7.89. The summed E-state index contributed by atoms with van der Waals surface area (Å²) in [7, 11) is 4.71. The van der Waals surface area contributed by atoms with E-state index in [1.807, 2.05) is 30.3 Å². The zero-order chi connectivity index (χ0) is 22.5. The van der Waals surface area contributed by atoms with Gasteiger partial charge in [-0.2, -0.15) is 5.10 Å². The second-order valence-electron chi connectivity index (χ2n) is 6.98. The zero-order valence-corrected chi connectivity index (χ0v) is 17.9. The molecule has 4 rings (SSSR count). The van der Waals surface area contributed by atoms with Gasteiger partial charge in [-0.1, -0.05) is 5.16 Å². The molecule has 10 heteroatoms. The Hall–Kier alpha value is -3.95. The minimum Gasteiger partial charge on any atom is -0.497 e. The van der Waals surface area contributed by atoms with Crippen molar-refractivity contribution in [1.29, 1.82) is 0 Å². The number of fused-ring (bicyclic) bond motifs is 1. The molecule has 1 N–H and O–H groups in total. The molecular weight excluding hydrogens is 418 g/mol. The highest BCUT2D eigenvalue weighted by Crippen LogP contribution is 2.49. The Labute approximate surface area is 184 Å². The molecular formula is C22H23N3O7. The lowest BCUT2D eigenvalue weighted by molar-refractivity contribution is -0.114. The number of oxime groups is 1. The second-order valence-corrected chi connectivity index (χ2v) is 6.98. The van der Waals surface area contributed by atoms with Crippen LogP contribution < -0.4 is 29.1 Å². The van der Waals surface area contributed by atoms with Gasteiger partial charge >= 0.3 is 0 Å². The third-order valence-corrected chi connectivity index (χ3v) is 5.00. The van der Waals surface area contributed by atoms with Crippen molar-refractivity contribution in [2.75, 3.05) is 28.1 Å². The molecule has 0 saturated carbocycles. The van der Waals surface area contributed by atoms with Crippen LogP contribution in [0.15, 0.2) is 40.6 Å². The highest BCUT2D eigenvalue weighted by molar-refractivity contribution is 6.39. The molecule has 0 spiro atoms. The van der Waals surface area contributed by atoms with E-state index in [1.165, 1.54) is 6.21 Å². The highest BCUT2D eigenvalue weighted by atomic mass is 16.7. The molecule has 10 nitrogen and oxygen atoms in total. The molecule has 1 atom stereocenters. The molecule has 0 fully saturated rings. The van der Waals surface area contributed by atoms with Gasteiger partial charge in [0.2, 0.25) is 18.3 Å². The molecule has 2 heterocycles. The Morgan fingerprint density at radius 1 is 1.16 bits per heavy atom. The van der Waals surface area contributed by atoms with Crippen molar-refractivity contribution in [3.8, 4) is 28.7 Å². The van der Waals surface area contributed by atoms with Gasteiger partial charge in [-0.15, -0.1) is 0 Å². The number of rotatable bonds is 8. The molecule has 2 aromatic carbocycles. The Morgan fingerprint density at radius 3 is 2.66 bits per heavy atom. The second kappa shape index (κ2) is 9.46. The smallest absolute Gasteiger partial charge is 0.289 e. The quantitative estimate of drug-likeness (QED) is 0.494. The Balaban J connectivity index is 1.36. The summed E-state index contributed by atoms with van der Waals surface area (Å²) in [6.45, 7) is 0.0932. The van der Waals surface area contributed by atoms with E-state index in [-0.39, 0.29) is 18.6 Å². The SMILES string of the molecule is COc1ccc(/C=N\NC(=O)C2=NO[C@@H](Cc3cc(OC)c4c(c3OC)OCO4)C2)cc1. The Bertz CT molecular complexity index is 1050. The topological polar surface area (TPSA) is 109 Å². The summed E-state index contributed by atoms with van der Waals surface area (Å²) in [5.41, 5.74) is 4.34. The molecule has 2 aliphatic rings. The van der Waals surface area contributed by atoms with Crippen molar-refractivity contribution in [2.24, 2.45) is 10.3 Å². The molecule has 1 amide bonds. The van der Waals surface area contributed by atoms with E-state index in [0.29, 0.717) is 35.8 Å². The first-order valence-electron chi connectivity index (χ1n) is 9.86. The number of carbonyl (C=O) groups is 1. The van der Waals surface area contributed by atoms with Crippen LogP contribution in [0.4, 0.5) is 0 Å². The summed E-state index contributed by atoms with van der Waals surface area (Å²) in [5.74, 6) is 2.40. The van der Waals surface area contributed by atoms with Crippen LogP contribution in [0.25, 0.3) is 0 Å². The van der Waals surface area contributed by atoms with Crippen LogP contribution in [0.1, 0.15) is 17.5 Å². The monoisotopic (exact) mass is 441 g/mol. The van der Waals surface area contributed by atoms with Crippen molar-refractivity contribution in [2.45, 2.75) is 18.9 Å². The third-order valence-electron chi connectivity index (χ3n) is 5.00. The maximum atomic E-state index is 12.4. The van der Waals surface area contributed by atoms with Gasteiger partial charge in [0, 0.05) is 18.4 Å². The number of amides is 1. The van der Waals surface area contributed by atoms with Gasteiger partial charge < -0.3 is 28.5 Å². The standard InChI is InChI=1S/C22H23N3O7/c1-27-15-6-4-13(5-7-15)11-23-24-22(26)17-10-16(32-25-17)8-14-9-18(28-2)20-21(19(14)29-3)31-12-30-20/h4-7,9,11,16H,8,10,12H2,1-3H3,(H,24,26)/b23-11-/t16-/m0/s1. The Kier molecular flexibility index (Phi) is 6.29. The average molecular weight is 441 g/mol. The molecule has 168 valence electrons. The number of nitrogens with one attached hydrogen (secondary N) is 1. The lowest BCUT2D eigenvalue weighted by atomic mass is 10.0. The van der Waals surface area contributed by atoms with E-state index in [9.17, 15) is 4.79 Å². The fourth-order valence-corrected chi connectivity index (χ4v) is 3.43. The van der Waals surface area contributed by atoms with Crippen LogP contribution in [0.3, 0.4) is 0 Å². The lowest BCUT2D eigenvalue weighted by Crippen LogP contribution is -2.27. The Morgan fingerprint density at radius 2 is 1.94 bits per heavy atom. The summed E-state index contributed by atoms with van der Waals surface area (Å²) in [6.07, 6.45) is 1.95. The first-order valence-corrected chi connectivity index (χ1v) is 9.86. The van der Waals surface area contributed by atoms with Crippen LogP contribution in [-0.4, -0.2) is 52.1 Å². The van der Waals surface area contributed by atoms with Gasteiger partial charge in [0.15, 0.2) is 11.5 Å². The maximum Gasteiger partial charge on any atom is 0.289 e. The fourth-order valence-electron chi connectivity index (χ4n) is 3.43. The van der Waals surface area contributed by atoms with Gasteiger partial charge in [-0.3, -0.25) is 4.79 Å². The van der Waals surface area contributed by atoms with E-state index < -0.39 is 5.91 Å². The van der Waals surface area contributed by atoms with Gasteiger partial charge in [0.25, 0.3) is 5.91 Å². The van der Waals surface area contributed by atoms with Gasteiger partial charge in [0.1, 0.15) is 17.6 Å². The largest absolute Gasteiger partial charge is 0.497 e. The molecule has 0 radical (unpaired) electrons. The highest BCUT2D eigenvalue weighted by Gasteiger charge is 2.31. The van der Waals surface area contributed by atoms with Crippen LogP contribution in [0.2, 0.25) is 0 Å². The van der Waals surface area contributed by atoms with E-state index in [0.717, 1.165) is 16.9 Å². The number of carbonyl (C=O) groups excluding carboxylic acids is 1. The van der Waals surface area contributed by atoms with Crippen LogP contribution in [-0.2, 0) is 16.1 Å². The predicted molar refractivity (Wildman–Crippen MR) is 115 cm³/mol. The number of benzene rings is 2. The number of hydrogen-bond acceptors (Lipinski definition) is 9. The number of nitrogens with zero attached hydrogens (tertiary/aromatic N) is 2. The van der Waals surface area contributed by atoms with Crippen molar-refractivity contribution in [1.82, 2.24) is 5.43 Å². The van der Waals surface area contributed by atoms with E-state index in [1.54, 1.807) is 21.3 Å². The van der Waals surface area contributed by atoms with Crippen LogP contribution in [0, 0.1) is 0 Å². The number of hydrazone groups is 1. The van der Waals surface area contributed by atoms with Crippen molar-refractivity contribution in [3.05, 3.63) is 41.5 Å². The molecule has 0 saturated heterocycles. The number of ether oxygens (including phenoxy) is 5. The molecule has 2 aliphatic heterocycles. The van der Waals surface area contributed by atoms with E-state index in [2.05, 4.69) is 15.7 Å². The average Bonchev–Trinajstić information content (AvgIpc) is 3.49. The molecule has 0 aromatic heterocycles. The van der Waals surface area contributed by atoms with E-state index >= 15 is 0 Å². The minimum atomic E-state index is -0.424. The van der Waals surface area contributed by atoms with Gasteiger partial charge in [-0.05, 0) is 35.9 Å². The fraction of sp³-hybridized carbons (Fsp3) is 0.318. The number of hydrogen-bond donors (Lipinski definition) is 1. The minimum absolute atomic E-state index is 0.0932. The van der Waals surface area contributed by atoms with Gasteiger partial charge in [-0.25, -0.2) is 5.43 Å². The van der Waals surface area contributed by atoms with Crippen molar-refractivity contribution < 1.29 is 33.3 Å². The first kappa shape index (κ1) is 21.3. The lowest BCUT2D eigenvalue weighted by Gasteiger charge is -2.15. The van der Waals surface area contributed by atoms with Crippen molar-refractivity contribution >= 4 is 17.8 Å². The van der Waals surface area contributed by atoms with Crippen LogP contribution in [0.5, 0.6) is 28.7 Å². The van der Waals surface area contributed by atoms with E-state index in [4.69, 9.17) is 28.5 Å². The molecule has 0 aliphatic carbocycles. The van der Waals surface area contributed by atoms with Crippen LogP contribution >= 0.6 is 0 Å². The predicted octanol–water partition coefficient (Wildman–Crippen LogP) is 2.28. The summed E-state index contributed by atoms with van der Waals surface area (Å²) in [4.78, 5) is 17.8. The van der Waals surface area contributed by atoms with Crippen molar-refractivity contribution in [3.63, 3.8) is 0 Å². The third kappa shape index (κ3) is 4.39. The molecule has 32 heavy (non-hydrogen) atoms. The first-order chi connectivity index (χ1) is 15.6. The number of methoxy groups -OCH3 is 3.